The van der Waals surface area contributed by atoms with Gasteiger partial charge in [0.15, 0.2) is 11.6 Å². The van der Waals surface area contributed by atoms with Crippen LogP contribution in [0.2, 0.25) is 0 Å². The smallest absolute Gasteiger partial charge is 0.290 e. The van der Waals surface area contributed by atoms with Gasteiger partial charge >= 0.3 is 0 Å². The van der Waals surface area contributed by atoms with E-state index in [1.807, 2.05) is 41.3 Å². The second-order valence-electron chi connectivity index (χ2n) is 5.89. The third-order valence-corrected chi connectivity index (χ3v) is 4.38. The van der Waals surface area contributed by atoms with Crippen LogP contribution in [0.25, 0.3) is 11.1 Å². The Kier molecular flexibility index (Phi) is 3.82. The molecule has 7 nitrogen and oxygen atoms in total. The number of carbonyl (C=O) groups excluding carboxylic acids is 1. The number of likely N-dealkylation sites (tertiary alicyclic amines) is 1. The molecule has 1 fully saturated rings. The molecular weight excluding hydrogens is 306 g/mol. The van der Waals surface area contributed by atoms with Crippen LogP contribution in [-0.2, 0) is 0 Å². The van der Waals surface area contributed by atoms with Gasteiger partial charge in [0.2, 0.25) is 0 Å². The molecule has 0 spiro atoms. The summed E-state index contributed by atoms with van der Waals surface area (Å²) in [4.78, 5) is 14.8. The Hall–Kier alpha value is -2.96. The molecule has 7 heteroatoms. The number of nitrogens with one attached hydrogen (secondary N) is 1. The number of piperidine rings is 1. The molecule has 0 aliphatic carbocycles. The Labute approximate surface area is 138 Å². The first-order valence-electron chi connectivity index (χ1n) is 7.98. The summed E-state index contributed by atoms with van der Waals surface area (Å²) in [5, 5.41) is 14.2. The summed E-state index contributed by atoms with van der Waals surface area (Å²) in [5.41, 5.74) is 1.80. The van der Waals surface area contributed by atoms with Gasteiger partial charge in [-0.15, -0.1) is 10.2 Å². The zero-order chi connectivity index (χ0) is 16.4. The third-order valence-electron chi connectivity index (χ3n) is 4.38. The largest absolute Gasteiger partial charge is 0.459 e. The highest BCUT2D eigenvalue weighted by atomic mass is 16.3. The first-order valence-corrected chi connectivity index (χ1v) is 7.98. The molecule has 0 unspecified atom stereocenters. The van der Waals surface area contributed by atoms with E-state index in [2.05, 4.69) is 20.6 Å². The Morgan fingerprint density at radius 3 is 2.92 bits per heavy atom. The molecule has 1 aliphatic heterocycles. The molecule has 3 aromatic rings. The van der Waals surface area contributed by atoms with Crippen molar-refractivity contribution in [3.05, 3.63) is 54.2 Å². The van der Waals surface area contributed by atoms with Gasteiger partial charge in [-0.1, -0.05) is 35.5 Å². The van der Waals surface area contributed by atoms with Crippen molar-refractivity contribution in [2.45, 2.75) is 18.8 Å². The molecule has 1 saturated heterocycles. The van der Waals surface area contributed by atoms with Crippen molar-refractivity contribution >= 4 is 5.91 Å². The average Bonchev–Trinajstić information content (AvgIpc) is 3.34. The van der Waals surface area contributed by atoms with Crippen molar-refractivity contribution in [1.82, 2.24) is 25.5 Å². The minimum atomic E-state index is -0.0907. The van der Waals surface area contributed by atoms with Crippen LogP contribution < -0.4 is 0 Å². The number of aromatic nitrogens is 4. The Morgan fingerprint density at radius 2 is 2.12 bits per heavy atom. The van der Waals surface area contributed by atoms with Crippen molar-refractivity contribution in [2.75, 3.05) is 13.1 Å². The number of nitrogens with zero attached hydrogens (tertiary/aromatic N) is 4. The van der Waals surface area contributed by atoms with Gasteiger partial charge in [0.25, 0.3) is 5.91 Å². The molecule has 0 radical (unpaired) electrons. The summed E-state index contributed by atoms with van der Waals surface area (Å²) in [6.45, 7) is 1.29. The van der Waals surface area contributed by atoms with E-state index in [-0.39, 0.29) is 11.8 Å². The highest BCUT2D eigenvalue weighted by Gasteiger charge is 2.30. The van der Waals surface area contributed by atoms with Gasteiger partial charge in [0.1, 0.15) is 0 Å². The predicted molar refractivity (Wildman–Crippen MR) is 86.2 cm³/mol. The number of hydrogen-bond acceptors (Lipinski definition) is 5. The van der Waals surface area contributed by atoms with Gasteiger partial charge in [-0.05, 0) is 24.5 Å². The number of H-pyrrole nitrogens is 1. The summed E-state index contributed by atoms with van der Waals surface area (Å²) in [6, 6.07) is 11.6. The van der Waals surface area contributed by atoms with Crippen LogP contribution in [0.3, 0.4) is 0 Å². The second-order valence-corrected chi connectivity index (χ2v) is 5.89. The Bertz CT molecular complexity index is 813. The van der Waals surface area contributed by atoms with Gasteiger partial charge in [-0.3, -0.25) is 4.79 Å². The first-order chi connectivity index (χ1) is 11.8. The number of aromatic amines is 1. The van der Waals surface area contributed by atoms with Crippen LogP contribution in [0.1, 0.15) is 35.1 Å². The molecule has 1 aliphatic rings. The molecule has 1 atom stereocenters. The van der Waals surface area contributed by atoms with E-state index >= 15 is 0 Å². The lowest BCUT2D eigenvalue weighted by Crippen LogP contribution is -2.39. The van der Waals surface area contributed by atoms with Crippen LogP contribution in [0.5, 0.6) is 0 Å². The molecule has 0 bridgehead atoms. The Morgan fingerprint density at radius 1 is 1.25 bits per heavy atom. The first kappa shape index (κ1) is 14.6. The molecule has 1 aromatic carbocycles. The summed E-state index contributed by atoms with van der Waals surface area (Å²) < 4.78 is 5.52. The number of benzene rings is 1. The maximum atomic E-state index is 12.9. The minimum absolute atomic E-state index is 0.0907. The number of hydrogen-bond donors (Lipinski definition) is 1. The van der Waals surface area contributed by atoms with Crippen LogP contribution >= 0.6 is 0 Å². The number of carbonyl (C=O) groups is 1. The van der Waals surface area contributed by atoms with Crippen LogP contribution in [0, 0.1) is 0 Å². The second kappa shape index (κ2) is 6.27. The van der Waals surface area contributed by atoms with E-state index in [0.717, 1.165) is 24.0 Å². The lowest BCUT2D eigenvalue weighted by molar-refractivity contribution is 0.0673. The summed E-state index contributed by atoms with van der Waals surface area (Å²) in [7, 11) is 0. The SMILES string of the molecule is O=C(c1occc1-c1ccccc1)N1CCC[C@@H](c2nn[nH]n2)C1. The van der Waals surface area contributed by atoms with Crippen molar-refractivity contribution in [2.24, 2.45) is 0 Å². The van der Waals surface area contributed by atoms with Crippen molar-refractivity contribution in [3.8, 4) is 11.1 Å². The van der Waals surface area contributed by atoms with Gasteiger partial charge < -0.3 is 9.32 Å². The van der Waals surface area contributed by atoms with Gasteiger partial charge in [0, 0.05) is 24.6 Å². The van der Waals surface area contributed by atoms with E-state index in [9.17, 15) is 4.79 Å². The fourth-order valence-electron chi connectivity index (χ4n) is 3.18. The van der Waals surface area contributed by atoms with Crippen LogP contribution in [0.4, 0.5) is 0 Å². The molecule has 2 aromatic heterocycles. The van der Waals surface area contributed by atoms with Crippen LogP contribution in [0.15, 0.2) is 47.1 Å². The zero-order valence-electron chi connectivity index (χ0n) is 13.1. The van der Waals surface area contributed by atoms with Crippen molar-refractivity contribution in [3.63, 3.8) is 0 Å². The average molecular weight is 323 g/mol. The van der Waals surface area contributed by atoms with Gasteiger partial charge in [0.05, 0.1) is 6.26 Å². The third kappa shape index (κ3) is 2.68. The maximum absolute atomic E-state index is 12.9. The molecule has 24 heavy (non-hydrogen) atoms. The van der Waals surface area contributed by atoms with Gasteiger partial charge in [-0.2, -0.15) is 5.21 Å². The maximum Gasteiger partial charge on any atom is 0.290 e. The molecule has 1 amide bonds. The lowest BCUT2D eigenvalue weighted by Gasteiger charge is -2.30. The highest BCUT2D eigenvalue weighted by Crippen LogP contribution is 2.29. The lowest BCUT2D eigenvalue weighted by atomic mass is 9.96. The van der Waals surface area contributed by atoms with E-state index < -0.39 is 0 Å². The normalized spacial score (nSPS) is 17.8. The van der Waals surface area contributed by atoms with E-state index in [0.29, 0.717) is 24.7 Å². The fourth-order valence-corrected chi connectivity index (χ4v) is 3.18. The number of tetrazole rings is 1. The minimum Gasteiger partial charge on any atom is -0.459 e. The number of amides is 1. The van der Waals surface area contributed by atoms with Crippen LogP contribution in [-0.4, -0.2) is 44.5 Å². The number of rotatable bonds is 3. The predicted octanol–water partition coefficient (Wildman–Crippen LogP) is 2.48. The molecule has 3 heterocycles. The van der Waals surface area contributed by atoms with E-state index in [1.165, 1.54) is 0 Å². The zero-order valence-corrected chi connectivity index (χ0v) is 13.1. The summed E-state index contributed by atoms with van der Waals surface area (Å²) in [6.07, 6.45) is 3.43. The summed E-state index contributed by atoms with van der Waals surface area (Å²) >= 11 is 0. The molecule has 122 valence electrons. The molecule has 0 saturated carbocycles. The molecular formula is C17H17N5O2. The Balaban J connectivity index is 1.57. The topological polar surface area (TPSA) is 87.9 Å². The van der Waals surface area contributed by atoms with E-state index in [1.54, 1.807) is 6.26 Å². The molecule has 1 N–H and O–H groups in total. The quantitative estimate of drug-likeness (QED) is 0.800. The standard InChI is InChI=1S/C17H17N5O2/c23-17(15-14(8-10-24-15)12-5-2-1-3-6-12)22-9-4-7-13(11-22)16-18-20-21-19-16/h1-3,5-6,8,10,13H,4,7,9,11H2,(H,18,19,20,21)/t13-/m1/s1. The van der Waals surface area contributed by atoms with Crippen molar-refractivity contribution in [1.29, 1.82) is 0 Å². The number of furan rings is 1. The monoisotopic (exact) mass is 323 g/mol. The fraction of sp³-hybridized carbons (Fsp3) is 0.294. The van der Waals surface area contributed by atoms with Crippen molar-refractivity contribution < 1.29 is 9.21 Å². The van der Waals surface area contributed by atoms with Gasteiger partial charge in [-0.25, -0.2) is 0 Å². The van der Waals surface area contributed by atoms with E-state index in [4.69, 9.17) is 4.42 Å². The highest BCUT2D eigenvalue weighted by molar-refractivity contribution is 5.98. The summed E-state index contributed by atoms with van der Waals surface area (Å²) in [5.74, 6) is 1.06. The molecule has 4 rings (SSSR count).